The van der Waals surface area contributed by atoms with Crippen LogP contribution in [-0.2, 0) is 6.54 Å². The minimum atomic E-state index is -0.262. The Balaban J connectivity index is 2.22. The highest BCUT2D eigenvalue weighted by Gasteiger charge is 2.24. The van der Waals surface area contributed by atoms with Crippen molar-refractivity contribution in [3.8, 4) is 0 Å². The smallest absolute Gasteiger partial charge is 0.141 e. The van der Waals surface area contributed by atoms with Crippen molar-refractivity contribution in [1.29, 1.82) is 0 Å². The van der Waals surface area contributed by atoms with E-state index < -0.39 is 0 Å². The van der Waals surface area contributed by atoms with Crippen LogP contribution in [0.15, 0.2) is 12.3 Å². The third kappa shape index (κ3) is 2.80. The van der Waals surface area contributed by atoms with Gasteiger partial charge in [0, 0.05) is 25.2 Å². The van der Waals surface area contributed by atoms with Crippen LogP contribution in [0.25, 0.3) is 0 Å². The molecular weight excluding hydrogens is 229 g/mol. The first-order chi connectivity index (χ1) is 8.61. The molecule has 0 radical (unpaired) electrons. The number of aromatic nitrogens is 1. The Morgan fingerprint density at radius 2 is 2.22 bits per heavy atom. The zero-order chi connectivity index (χ0) is 13.1. The molecule has 100 valence electrons. The maximum absolute atomic E-state index is 13.3. The highest BCUT2D eigenvalue weighted by atomic mass is 19.1. The van der Waals surface area contributed by atoms with E-state index in [1.807, 2.05) is 7.05 Å². The molecule has 18 heavy (non-hydrogen) atoms. The minimum Gasteiger partial charge on any atom is -0.356 e. The van der Waals surface area contributed by atoms with E-state index in [1.165, 1.54) is 12.6 Å². The molecule has 0 saturated carbocycles. The fraction of sp³-hybridized carbons (Fsp3) is 0.643. The Labute approximate surface area is 108 Å². The molecule has 3 nitrogen and oxygen atoms in total. The van der Waals surface area contributed by atoms with Crippen molar-refractivity contribution >= 4 is 5.82 Å². The molecule has 2 heterocycles. The second kappa shape index (κ2) is 5.65. The lowest BCUT2D eigenvalue weighted by molar-refractivity contribution is 0.322. The molecule has 1 aliphatic rings. The third-order valence-corrected chi connectivity index (χ3v) is 3.91. The van der Waals surface area contributed by atoms with Crippen LogP contribution < -0.4 is 10.2 Å². The summed E-state index contributed by atoms with van der Waals surface area (Å²) in [5.74, 6) is 2.09. The van der Waals surface area contributed by atoms with E-state index in [1.54, 1.807) is 6.07 Å². The fourth-order valence-electron chi connectivity index (χ4n) is 2.53. The number of rotatable bonds is 3. The molecule has 0 aliphatic carbocycles. The van der Waals surface area contributed by atoms with Crippen molar-refractivity contribution < 1.29 is 4.39 Å². The summed E-state index contributed by atoms with van der Waals surface area (Å²) in [6.45, 7) is 7.25. The average Bonchev–Trinajstić information content (AvgIpc) is 2.34. The zero-order valence-electron chi connectivity index (χ0n) is 11.4. The summed E-state index contributed by atoms with van der Waals surface area (Å²) < 4.78 is 13.3. The zero-order valence-corrected chi connectivity index (χ0v) is 11.4. The molecule has 0 amide bonds. The van der Waals surface area contributed by atoms with Gasteiger partial charge in [0.1, 0.15) is 11.6 Å². The highest BCUT2D eigenvalue weighted by molar-refractivity contribution is 5.47. The maximum atomic E-state index is 13.3. The lowest BCUT2D eigenvalue weighted by Gasteiger charge is -2.36. The molecule has 0 aromatic carbocycles. The number of hydrogen-bond donors (Lipinski definition) is 1. The number of piperidine rings is 1. The summed E-state index contributed by atoms with van der Waals surface area (Å²) in [5.41, 5.74) is 0.944. The predicted molar refractivity (Wildman–Crippen MR) is 72.1 cm³/mol. The molecule has 1 saturated heterocycles. The summed E-state index contributed by atoms with van der Waals surface area (Å²) in [4.78, 5) is 6.58. The first kappa shape index (κ1) is 13.3. The standard InChI is InChI=1S/C14H22FN3/c1-10-4-5-18(9-11(10)2)14-12(7-16-3)6-13(15)8-17-14/h6,8,10-11,16H,4-5,7,9H2,1-3H3. The van der Waals surface area contributed by atoms with Crippen LogP contribution in [0.2, 0.25) is 0 Å². The SMILES string of the molecule is CNCc1cc(F)cnc1N1CCC(C)C(C)C1. The van der Waals surface area contributed by atoms with Crippen LogP contribution in [0.3, 0.4) is 0 Å². The van der Waals surface area contributed by atoms with E-state index in [0.717, 1.165) is 30.4 Å². The predicted octanol–water partition coefficient (Wildman–Crippen LogP) is 2.42. The van der Waals surface area contributed by atoms with E-state index in [9.17, 15) is 4.39 Å². The van der Waals surface area contributed by atoms with E-state index in [4.69, 9.17) is 0 Å². The molecule has 1 aromatic heterocycles. The van der Waals surface area contributed by atoms with Crippen LogP contribution in [0.5, 0.6) is 0 Å². The lowest BCUT2D eigenvalue weighted by Crippen LogP contribution is -2.39. The first-order valence-electron chi connectivity index (χ1n) is 6.65. The van der Waals surface area contributed by atoms with Gasteiger partial charge in [-0.25, -0.2) is 9.37 Å². The summed E-state index contributed by atoms with van der Waals surface area (Å²) >= 11 is 0. The minimum absolute atomic E-state index is 0.262. The fourth-order valence-corrected chi connectivity index (χ4v) is 2.53. The molecule has 2 rings (SSSR count). The largest absolute Gasteiger partial charge is 0.356 e. The van der Waals surface area contributed by atoms with E-state index in [0.29, 0.717) is 12.5 Å². The maximum Gasteiger partial charge on any atom is 0.141 e. The van der Waals surface area contributed by atoms with Crippen LogP contribution in [0.1, 0.15) is 25.8 Å². The molecule has 0 bridgehead atoms. The third-order valence-electron chi connectivity index (χ3n) is 3.91. The van der Waals surface area contributed by atoms with Gasteiger partial charge >= 0.3 is 0 Å². The van der Waals surface area contributed by atoms with Gasteiger partial charge in [0.25, 0.3) is 0 Å². The second-order valence-electron chi connectivity index (χ2n) is 5.36. The number of anilines is 1. The average molecular weight is 251 g/mol. The topological polar surface area (TPSA) is 28.2 Å². The Bertz CT molecular complexity index is 408. The molecule has 1 aliphatic heterocycles. The van der Waals surface area contributed by atoms with Gasteiger partial charge in [-0.1, -0.05) is 13.8 Å². The molecule has 2 atom stereocenters. The van der Waals surface area contributed by atoms with Gasteiger partial charge in [-0.15, -0.1) is 0 Å². The molecule has 1 N–H and O–H groups in total. The van der Waals surface area contributed by atoms with Crippen molar-refractivity contribution in [3.05, 3.63) is 23.6 Å². The van der Waals surface area contributed by atoms with E-state index in [2.05, 4.69) is 29.0 Å². The molecule has 4 heteroatoms. The number of nitrogens with one attached hydrogen (secondary N) is 1. The monoisotopic (exact) mass is 251 g/mol. The first-order valence-corrected chi connectivity index (χ1v) is 6.65. The van der Waals surface area contributed by atoms with Gasteiger partial charge in [-0.2, -0.15) is 0 Å². The van der Waals surface area contributed by atoms with Gasteiger partial charge in [0.15, 0.2) is 0 Å². The van der Waals surface area contributed by atoms with Crippen molar-refractivity contribution in [2.45, 2.75) is 26.8 Å². The van der Waals surface area contributed by atoms with Gasteiger partial charge in [-0.05, 0) is 31.4 Å². The molecule has 2 unspecified atom stereocenters. The Kier molecular flexibility index (Phi) is 4.17. The van der Waals surface area contributed by atoms with Crippen LogP contribution in [0.4, 0.5) is 10.2 Å². The number of halogens is 1. The van der Waals surface area contributed by atoms with Gasteiger partial charge in [-0.3, -0.25) is 0 Å². The van der Waals surface area contributed by atoms with E-state index >= 15 is 0 Å². The summed E-state index contributed by atoms with van der Waals surface area (Å²) in [6.07, 6.45) is 2.50. The van der Waals surface area contributed by atoms with Crippen LogP contribution in [0, 0.1) is 17.7 Å². The Morgan fingerprint density at radius 1 is 1.44 bits per heavy atom. The van der Waals surface area contributed by atoms with Crippen LogP contribution in [-0.4, -0.2) is 25.1 Å². The van der Waals surface area contributed by atoms with Crippen molar-refractivity contribution in [1.82, 2.24) is 10.3 Å². The molecule has 1 fully saturated rings. The normalized spacial score (nSPS) is 24.3. The number of pyridine rings is 1. The quantitative estimate of drug-likeness (QED) is 0.894. The van der Waals surface area contributed by atoms with Crippen molar-refractivity contribution in [2.24, 2.45) is 11.8 Å². The summed E-state index contributed by atoms with van der Waals surface area (Å²) in [5, 5.41) is 3.08. The van der Waals surface area contributed by atoms with Gasteiger partial charge in [0.2, 0.25) is 0 Å². The molecule has 0 spiro atoms. The lowest BCUT2D eigenvalue weighted by atomic mass is 9.88. The Morgan fingerprint density at radius 3 is 2.89 bits per heavy atom. The summed E-state index contributed by atoms with van der Waals surface area (Å²) in [7, 11) is 1.87. The van der Waals surface area contributed by atoms with Crippen LogP contribution >= 0.6 is 0 Å². The van der Waals surface area contributed by atoms with Crippen molar-refractivity contribution in [2.75, 3.05) is 25.0 Å². The second-order valence-corrected chi connectivity index (χ2v) is 5.36. The van der Waals surface area contributed by atoms with Gasteiger partial charge < -0.3 is 10.2 Å². The number of hydrogen-bond acceptors (Lipinski definition) is 3. The highest BCUT2D eigenvalue weighted by Crippen LogP contribution is 2.28. The molecule has 1 aromatic rings. The molecular formula is C14H22FN3. The van der Waals surface area contributed by atoms with Gasteiger partial charge in [0.05, 0.1) is 6.20 Å². The Hall–Kier alpha value is -1.16. The summed E-state index contributed by atoms with van der Waals surface area (Å²) in [6, 6.07) is 1.58. The number of nitrogens with zero attached hydrogens (tertiary/aromatic N) is 2. The van der Waals surface area contributed by atoms with E-state index in [-0.39, 0.29) is 5.82 Å². The van der Waals surface area contributed by atoms with Crippen molar-refractivity contribution in [3.63, 3.8) is 0 Å².